The minimum absolute atomic E-state index is 0.0879. The van der Waals surface area contributed by atoms with Crippen LogP contribution in [0, 0.1) is 0 Å². The van der Waals surface area contributed by atoms with E-state index in [1.54, 1.807) is 4.90 Å². The first-order valence-corrected chi connectivity index (χ1v) is 14.3. The first kappa shape index (κ1) is 24.1. The van der Waals surface area contributed by atoms with Crippen LogP contribution in [-0.4, -0.2) is 88.6 Å². The Kier molecular flexibility index (Phi) is 6.71. The Balaban J connectivity index is 1.11. The molecule has 4 aliphatic heterocycles. The number of piperidine rings is 2. The van der Waals surface area contributed by atoms with Crippen LogP contribution in [0.1, 0.15) is 36.9 Å². The highest BCUT2D eigenvalue weighted by Gasteiger charge is 2.31. The van der Waals surface area contributed by atoms with Crippen LogP contribution in [0.2, 0.25) is 0 Å². The normalized spacial score (nSPS) is 24.0. The fraction of sp³-hybridized carbons (Fsp3) is 0.538. The minimum Gasteiger partial charge on any atom is -0.490 e. The second-order valence-electron chi connectivity index (χ2n) is 9.97. The predicted octanol–water partition coefficient (Wildman–Crippen LogP) is 2.00. The number of carbonyl (C=O) groups excluding carboxylic acids is 1. The lowest BCUT2D eigenvalue weighted by Gasteiger charge is -2.33. The molecule has 10 nitrogen and oxygen atoms in total. The van der Waals surface area contributed by atoms with Crippen LogP contribution in [0.15, 0.2) is 34.2 Å². The Hall–Kier alpha value is -3.21. The molecule has 0 saturated carbocycles. The van der Waals surface area contributed by atoms with Gasteiger partial charge in [-0.05, 0) is 30.7 Å². The maximum absolute atomic E-state index is 12.7. The zero-order chi connectivity index (χ0) is 25.4. The summed E-state index contributed by atoms with van der Waals surface area (Å²) in [5, 5.41) is 3.50. The molecule has 0 spiro atoms. The van der Waals surface area contributed by atoms with Crippen molar-refractivity contribution in [2.75, 3.05) is 55.8 Å². The summed E-state index contributed by atoms with van der Waals surface area (Å²) in [5.41, 5.74) is 1.85. The average molecular weight is 525 g/mol. The van der Waals surface area contributed by atoms with Crippen LogP contribution in [0.4, 0.5) is 11.8 Å². The van der Waals surface area contributed by atoms with E-state index in [2.05, 4.69) is 15.2 Å². The molecule has 37 heavy (non-hydrogen) atoms. The number of aliphatic imine (C=N–C) groups is 1. The summed E-state index contributed by atoms with van der Waals surface area (Å²) in [6.45, 7) is 3.55. The number of likely N-dealkylation sites (tertiary alicyclic amines) is 1. The third-order valence-corrected chi connectivity index (χ3v) is 8.82. The smallest absolute Gasteiger partial charge is 0.227 e. The molecular formula is C26H32N6O4S. The van der Waals surface area contributed by atoms with Gasteiger partial charge in [-0.3, -0.25) is 9.00 Å². The summed E-state index contributed by atoms with van der Waals surface area (Å²) in [5.74, 6) is 3.64. The summed E-state index contributed by atoms with van der Waals surface area (Å²) in [7, 11) is 0.727. The fourth-order valence-electron chi connectivity index (χ4n) is 5.30. The molecule has 1 aromatic carbocycles. The zero-order valence-corrected chi connectivity index (χ0v) is 21.8. The highest BCUT2D eigenvalue weighted by molar-refractivity contribution is 7.85. The summed E-state index contributed by atoms with van der Waals surface area (Å²) >= 11 is 0. The second kappa shape index (κ2) is 10.3. The molecule has 2 atom stereocenters. The number of ether oxygens (including phenoxy) is 2. The van der Waals surface area contributed by atoms with Gasteiger partial charge in [0, 0.05) is 69.7 Å². The number of likely N-dealkylation sites (N-methyl/N-ethyl adjacent to an activating group) is 1. The highest BCUT2D eigenvalue weighted by Crippen LogP contribution is 2.32. The molecule has 2 unspecified atom stereocenters. The standard InChI is InChI=1S/C26H32N6O4S/c1-31-16-18(4-7-22(31)33)28-24-23-21(10-15-37(23)34)29-26(30-24)32-12-8-20(9-13-32)36-19-5-2-17(3-6-19)25-27-11-14-35-25/h2-3,5-6,18,20H,4,7-16H2,1H3,(H,28,29,30). The number of nitrogens with zero attached hydrogens (tertiary/aromatic N) is 5. The van der Waals surface area contributed by atoms with E-state index in [9.17, 15) is 9.00 Å². The van der Waals surface area contributed by atoms with E-state index in [1.165, 1.54) is 0 Å². The maximum Gasteiger partial charge on any atom is 0.227 e. The van der Waals surface area contributed by atoms with Gasteiger partial charge >= 0.3 is 0 Å². The molecule has 2 fully saturated rings. The van der Waals surface area contributed by atoms with Crippen molar-refractivity contribution in [3.8, 4) is 5.75 Å². The summed E-state index contributed by atoms with van der Waals surface area (Å²) in [6, 6.07) is 8.02. The zero-order valence-electron chi connectivity index (χ0n) is 21.0. The molecule has 6 rings (SSSR count). The van der Waals surface area contributed by atoms with Gasteiger partial charge in [0.15, 0.2) is 0 Å². The number of carbonyl (C=O) groups is 1. The van der Waals surface area contributed by atoms with Gasteiger partial charge in [0.1, 0.15) is 29.2 Å². The van der Waals surface area contributed by atoms with E-state index in [-0.39, 0.29) is 18.1 Å². The van der Waals surface area contributed by atoms with Crippen molar-refractivity contribution in [2.45, 2.75) is 49.1 Å². The lowest BCUT2D eigenvalue weighted by molar-refractivity contribution is -0.132. The average Bonchev–Trinajstić information content (AvgIpc) is 3.58. The first-order chi connectivity index (χ1) is 18.0. The Morgan fingerprint density at radius 3 is 2.65 bits per heavy atom. The first-order valence-electron chi connectivity index (χ1n) is 13.0. The number of amides is 1. The molecule has 5 heterocycles. The number of aryl methyl sites for hydroxylation is 1. The summed E-state index contributed by atoms with van der Waals surface area (Å²) in [6.07, 6.45) is 3.80. The van der Waals surface area contributed by atoms with E-state index in [1.807, 2.05) is 31.3 Å². The van der Waals surface area contributed by atoms with Gasteiger partial charge < -0.3 is 24.6 Å². The fourth-order valence-corrected chi connectivity index (χ4v) is 6.61. The molecule has 2 saturated heterocycles. The predicted molar refractivity (Wildman–Crippen MR) is 141 cm³/mol. The van der Waals surface area contributed by atoms with Gasteiger partial charge in [-0.1, -0.05) is 0 Å². The molecule has 0 aliphatic carbocycles. The third kappa shape index (κ3) is 5.14. The Bertz CT molecular complexity index is 1230. The molecule has 0 bridgehead atoms. The maximum atomic E-state index is 12.7. The van der Waals surface area contributed by atoms with Gasteiger partial charge in [0.2, 0.25) is 17.8 Å². The number of nitrogens with one attached hydrogen (secondary N) is 1. The van der Waals surface area contributed by atoms with E-state index >= 15 is 0 Å². The van der Waals surface area contributed by atoms with Crippen LogP contribution in [0.25, 0.3) is 0 Å². The van der Waals surface area contributed by atoms with Gasteiger partial charge in [0.05, 0.1) is 23.0 Å². The van der Waals surface area contributed by atoms with E-state index in [4.69, 9.17) is 19.4 Å². The monoisotopic (exact) mass is 524 g/mol. The van der Waals surface area contributed by atoms with E-state index in [0.29, 0.717) is 56.0 Å². The second-order valence-corrected chi connectivity index (χ2v) is 11.5. The Morgan fingerprint density at radius 2 is 1.92 bits per heavy atom. The third-order valence-electron chi connectivity index (χ3n) is 7.36. The van der Waals surface area contributed by atoms with Gasteiger partial charge in [-0.2, -0.15) is 4.98 Å². The van der Waals surface area contributed by atoms with Crippen LogP contribution < -0.4 is 15.0 Å². The lowest BCUT2D eigenvalue weighted by Crippen LogP contribution is -2.43. The van der Waals surface area contributed by atoms with Crippen LogP contribution in [0.5, 0.6) is 5.75 Å². The number of hydrogen-bond acceptors (Lipinski definition) is 9. The van der Waals surface area contributed by atoms with Crippen LogP contribution in [-0.2, 0) is 26.8 Å². The minimum atomic E-state index is -1.10. The van der Waals surface area contributed by atoms with Gasteiger partial charge in [0.25, 0.3) is 0 Å². The van der Waals surface area contributed by atoms with Crippen molar-refractivity contribution in [1.82, 2.24) is 14.9 Å². The van der Waals surface area contributed by atoms with Crippen LogP contribution >= 0.6 is 0 Å². The molecule has 2 aromatic rings. The molecule has 196 valence electrons. The molecule has 1 N–H and O–H groups in total. The number of hydrogen-bond donors (Lipinski definition) is 1. The van der Waals surface area contributed by atoms with Crippen molar-refractivity contribution >= 4 is 34.4 Å². The van der Waals surface area contributed by atoms with Crippen LogP contribution in [0.3, 0.4) is 0 Å². The number of rotatable bonds is 6. The van der Waals surface area contributed by atoms with Crippen molar-refractivity contribution in [2.24, 2.45) is 4.99 Å². The topological polar surface area (TPSA) is 109 Å². The Morgan fingerprint density at radius 1 is 1.11 bits per heavy atom. The number of aromatic nitrogens is 2. The largest absolute Gasteiger partial charge is 0.490 e. The molecular weight excluding hydrogens is 492 g/mol. The quantitative estimate of drug-likeness (QED) is 0.611. The number of fused-ring (bicyclic) bond motifs is 1. The number of benzene rings is 1. The van der Waals surface area contributed by atoms with Crippen molar-refractivity contribution in [3.05, 3.63) is 35.5 Å². The SMILES string of the molecule is CN1CC(Nc2nc(N3CCC(Oc4ccc(C5=NCCO5)cc4)CC3)nc3c2S(=O)CC3)CCC1=O. The molecule has 1 aromatic heterocycles. The molecule has 11 heteroatoms. The molecule has 0 radical (unpaired) electrons. The van der Waals surface area contributed by atoms with Crippen molar-refractivity contribution < 1.29 is 18.5 Å². The molecule has 1 amide bonds. The summed E-state index contributed by atoms with van der Waals surface area (Å²) < 4.78 is 24.5. The van der Waals surface area contributed by atoms with Gasteiger partial charge in [-0.15, -0.1) is 0 Å². The van der Waals surface area contributed by atoms with Gasteiger partial charge in [-0.25, -0.2) is 9.98 Å². The summed E-state index contributed by atoms with van der Waals surface area (Å²) in [4.78, 5) is 30.6. The highest BCUT2D eigenvalue weighted by atomic mass is 32.2. The lowest BCUT2D eigenvalue weighted by atomic mass is 10.1. The Labute approximate surface area is 218 Å². The number of anilines is 2. The van der Waals surface area contributed by atoms with E-state index < -0.39 is 10.8 Å². The van der Waals surface area contributed by atoms with E-state index in [0.717, 1.165) is 54.3 Å². The van der Waals surface area contributed by atoms with Crippen molar-refractivity contribution in [1.29, 1.82) is 0 Å². The molecule has 4 aliphatic rings. The van der Waals surface area contributed by atoms with Crippen molar-refractivity contribution in [3.63, 3.8) is 0 Å².